The molecule has 0 amide bonds. The van der Waals surface area contributed by atoms with E-state index in [-0.39, 0.29) is 4.47 Å². The van der Waals surface area contributed by atoms with Crippen molar-refractivity contribution in [2.24, 2.45) is 0 Å². The van der Waals surface area contributed by atoms with Gasteiger partial charge in [-0.2, -0.15) is 13.2 Å². The van der Waals surface area contributed by atoms with Crippen LogP contribution in [0.2, 0.25) is 5.02 Å². The zero-order valence-corrected chi connectivity index (χ0v) is 9.93. The lowest BCUT2D eigenvalue weighted by atomic mass is 10.1. The van der Waals surface area contributed by atoms with Gasteiger partial charge in [0.15, 0.2) is 0 Å². The molecule has 0 aliphatic carbocycles. The highest BCUT2D eigenvalue weighted by atomic mass is 79.9. The van der Waals surface area contributed by atoms with Gasteiger partial charge in [-0.05, 0) is 39.7 Å². The second-order valence-corrected chi connectivity index (χ2v) is 4.13. The van der Waals surface area contributed by atoms with Crippen molar-refractivity contribution in [1.82, 2.24) is 0 Å². The lowest BCUT2D eigenvalue weighted by Crippen LogP contribution is -2.12. The molecular weight excluding hydrogens is 320 g/mol. The Morgan fingerprint density at radius 2 is 1.87 bits per heavy atom. The smallest absolute Gasteiger partial charge is 0.276 e. The summed E-state index contributed by atoms with van der Waals surface area (Å²) in [5.74, 6) is 0. The molecule has 0 N–H and O–H groups in total. The van der Waals surface area contributed by atoms with Crippen LogP contribution in [0.5, 0.6) is 0 Å². The van der Waals surface area contributed by atoms with Crippen LogP contribution >= 0.6 is 39.1 Å². The fourth-order valence-electron chi connectivity index (χ4n) is 0.992. The zero-order chi connectivity index (χ0) is 11.8. The predicted molar refractivity (Wildman–Crippen MR) is 54.3 cm³/mol. The molecule has 0 aliphatic rings. The standard InChI is InChI=1S/C8H2BrCl2F3O/c9-4-2-1-3(7(11)15)5(6(4)10)8(12,13)14/h1-2H. The summed E-state index contributed by atoms with van der Waals surface area (Å²) in [6, 6.07) is 2.20. The minimum Gasteiger partial charge on any atom is -0.276 e. The quantitative estimate of drug-likeness (QED) is 0.696. The predicted octanol–water partition coefficient (Wildman–Crippen LogP) is 4.50. The number of carbonyl (C=O) groups excluding carboxylic acids is 1. The van der Waals surface area contributed by atoms with Gasteiger partial charge < -0.3 is 0 Å². The Hall–Kier alpha value is -0.260. The van der Waals surface area contributed by atoms with E-state index in [0.717, 1.165) is 6.07 Å². The number of halogens is 6. The molecule has 0 saturated carbocycles. The molecule has 1 nitrogen and oxygen atoms in total. The number of rotatable bonds is 1. The first-order chi connectivity index (χ1) is 6.75. The normalized spacial score (nSPS) is 11.6. The minimum absolute atomic E-state index is 0.0539. The van der Waals surface area contributed by atoms with Crippen LogP contribution < -0.4 is 0 Å². The molecule has 0 saturated heterocycles. The van der Waals surface area contributed by atoms with E-state index in [1.54, 1.807) is 0 Å². The van der Waals surface area contributed by atoms with Gasteiger partial charge in [-0.1, -0.05) is 11.6 Å². The van der Waals surface area contributed by atoms with Gasteiger partial charge in [-0.15, -0.1) is 0 Å². The Morgan fingerprint density at radius 3 is 2.27 bits per heavy atom. The molecular formula is C8H2BrCl2F3O. The third kappa shape index (κ3) is 2.65. The Kier molecular flexibility index (Phi) is 3.68. The molecule has 0 aromatic heterocycles. The second kappa shape index (κ2) is 4.31. The first-order valence-electron chi connectivity index (χ1n) is 3.50. The Bertz CT molecular complexity index is 417. The number of alkyl halides is 3. The Morgan fingerprint density at radius 1 is 1.33 bits per heavy atom. The fraction of sp³-hybridized carbons (Fsp3) is 0.125. The molecule has 1 rings (SSSR count). The van der Waals surface area contributed by atoms with E-state index in [9.17, 15) is 18.0 Å². The highest BCUT2D eigenvalue weighted by Crippen LogP contribution is 2.40. The van der Waals surface area contributed by atoms with Crippen LogP contribution in [0.1, 0.15) is 15.9 Å². The van der Waals surface area contributed by atoms with Crippen molar-refractivity contribution in [3.05, 3.63) is 32.8 Å². The second-order valence-electron chi connectivity index (χ2n) is 2.56. The van der Waals surface area contributed by atoms with Crippen molar-refractivity contribution in [2.75, 3.05) is 0 Å². The van der Waals surface area contributed by atoms with Gasteiger partial charge >= 0.3 is 6.18 Å². The first kappa shape index (κ1) is 12.8. The van der Waals surface area contributed by atoms with E-state index in [0.29, 0.717) is 0 Å². The lowest BCUT2D eigenvalue weighted by molar-refractivity contribution is -0.137. The minimum atomic E-state index is -4.72. The summed E-state index contributed by atoms with van der Waals surface area (Å²) in [7, 11) is 0. The van der Waals surface area contributed by atoms with E-state index >= 15 is 0 Å². The molecule has 1 aromatic rings. The van der Waals surface area contributed by atoms with Crippen LogP contribution in [0.4, 0.5) is 13.2 Å². The van der Waals surface area contributed by atoms with Gasteiger partial charge in [0.1, 0.15) is 0 Å². The largest absolute Gasteiger partial charge is 0.418 e. The molecule has 0 bridgehead atoms. The maximum Gasteiger partial charge on any atom is 0.418 e. The van der Waals surface area contributed by atoms with Crippen molar-refractivity contribution in [2.45, 2.75) is 6.18 Å². The molecule has 0 atom stereocenters. The third-order valence-electron chi connectivity index (χ3n) is 1.59. The van der Waals surface area contributed by atoms with Crippen LogP contribution in [0, 0.1) is 0 Å². The summed E-state index contributed by atoms with van der Waals surface area (Å²) in [4.78, 5) is 10.8. The highest BCUT2D eigenvalue weighted by Gasteiger charge is 2.38. The van der Waals surface area contributed by atoms with Gasteiger partial charge in [0.25, 0.3) is 5.24 Å². The van der Waals surface area contributed by atoms with Crippen LogP contribution in [-0.2, 0) is 6.18 Å². The highest BCUT2D eigenvalue weighted by molar-refractivity contribution is 9.10. The summed E-state index contributed by atoms with van der Waals surface area (Å²) < 4.78 is 37.7. The average Bonchev–Trinajstić information content (AvgIpc) is 2.06. The van der Waals surface area contributed by atoms with Crippen molar-refractivity contribution in [3.8, 4) is 0 Å². The Labute approximate surface area is 101 Å². The van der Waals surface area contributed by atoms with Crippen LogP contribution in [0.25, 0.3) is 0 Å². The summed E-state index contributed by atoms with van der Waals surface area (Å²) in [6.07, 6.45) is -4.72. The van der Waals surface area contributed by atoms with E-state index < -0.39 is 27.6 Å². The van der Waals surface area contributed by atoms with Crippen molar-refractivity contribution >= 4 is 44.4 Å². The molecule has 82 valence electrons. The number of hydrogen-bond acceptors (Lipinski definition) is 1. The SMILES string of the molecule is O=C(Cl)c1ccc(Br)c(Cl)c1C(F)(F)F. The van der Waals surface area contributed by atoms with Crippen molar-refractivity contribution in [1.29, 1.82) is 0 Å². The molecule has 0 spiro atoms. The molecule has 0 aliphatic heterocycles. The van der Waals surface area contributed by atoms with Gasteiger partial charge in [-0.3, -0.25) is 4.79 Å². The fourth-order valence-corrected chi connectivity index (χ4v) is 1.75. The number of carbonyl (C=O) groups is 1. The zero-order valence-electron chi connectivity index (χ0n) is 6.83. The van der Waals surface area contributed by atoms with E-state index in [2.05, 4.69) is 15.9 Å². The average molecular weight is 322 g/mol. The molecule has 0 fully saturated rings. The topological polar surface area (TPSA) is 17.1 Å². The summed E-state index contributed by atoms with van der Waals surface area (Å²) in [6.45, 7) is 0. The van der Waals surface area contributed by atoms with Gasteiger partial charge in [-0.25, -0.2) is 0 Å². The van der Waals surface area contributed by atoms with E-state index in [4.69, 9.17) is 23.2 Å². The molecule has 7 heteroatoms. The first-order valence-corrected chi connectivity index (χ1v) is 5.05. The third-order valence-corrected chi connectivity index (χ3v) is 3.08. The maximum atomic E-state index is 12.5. The molecule has 1 aromatic carbocycles. The maximum absolute atomic E-state index is 12.5. The summed E-state index contributed by atoms with van der Waals surface area (Å²) >= 11 is 13.3. The van der Waals surface area contributed by atoms with Gasteiger partial charge in [0.2, 0.25) is 0 Å². The van der Waals surface area contributed by atoms with Crippen molar-refractivity contribution in [3.63, 3.8) is 0 Å². The molecule has 0 radical (unpaired) electrons. The number of hydrogen-bond donors (Lipinski definition) is 0. The number of benzene rings is 1. The summed E-state index contributed by atoms with van der Waals surface area (Å²) in [5.41, 5.74) is -1.88. The van der Waals surface area contributed by atoms with Gasteiger partial charge in [0.05, 0.1) is 10.6 Å². The van der Waals surface area contributed by atoms with E-state index in [1.807, 2.05) is 0 Å². The van der Waals surface area contributed by atoms with E-state index in [1.165, 1.54) is 6.07 Å². The van der Waals surface area contributed by atoms with Gasteiger partial charge in [0, 0.05) is 10.0 Å². The van der Waals surface area contributed by atoms with Crippen LogP contribution in [-0.4, -0.2) is 5.24 Å². The molecule has 0 unspecified atom stereocenters. The molecule has 0 heterocycles. The van der Waals surface area contributed by atoms with Crippen LogP contribution in [0.15, 0.2) is 16.6 Å². The Balaban J connectivity index is 3.57. The summed E-state index contributed by atoms with van der Waals surface area (Å²) in [5, 5.41) is -1.77. The lowest BCUT2D eigenvalue weighted by Gasteiger charge is -2.12. The monoisotopic (exact) mass is 320 g/mol. The van der Waals surface area contributed by atoms with Crippen LogP contribution in [0.3, 0.4) is 0 Å². The molecule has 15 heavy (non-hydrogen) atoms. The van der Waals surface area contributed by atoms with Crippen molar-refractivity contribution < 1.29 is 18.0 Å².